The van der Waals surface area contributed by atoms with Crippen LogP contribution in [0.5, 0.6) is 11.6 Å². The lowest BCUT2D eigenvalue weighted by molar-refractivity contribution is 0.212. The van der Waals surface area contributed by atoms with E-state index in [9.17, 15) is 8.42 Å². The van der Waals surface area contributed by atoms with Crippen LogP contribution < -0.4 is 14.2 Å². The summed E-state index contributed by atoms with van der Waals surface area (Å²) in [5.41, 5.74) is 2.08. The Morgan fingerprint density at radius 2 is 1.68 bits per heavy atom. The van der Waals surface area contributed by atoms with Crippen LogP contribution in [0, 0.1) is 6.92 Å². The lowest BCUT2D eigenvalue weighted by atomic mass is 10.2. The summed E-state index contributed by atoms with van der Waals surface area (Å²) >= 11 is 6.11. The van der Waals surface area contributed by atoms with E-state index in [0.717, 1.165) is 36.4 Å². The van der Waals surface area contributed by atoms with Crippen LogP contribution in [0.1, 0.15) is 23.4 Å². The van der Waals surface area contributed by atoms with E-state index in [-0.39, 0.29) is 29.8 Å². The quantitative estimate of drug-likeness (QED) is 0.508. The molecule has 1 aliphatic rings. The number of nitrogens with one attached hydrogen (secondary N) is 1. The minimum absolute atomic E-state index is 0.0692. The number of aromatic nitrogens is 2. The monoisotopic (exact) mass is 459 g/mol. The van der Waals surface area contributed by atoms with Crippen LogP contribution in [-0.2, 0) is 22.9 Å². The van der Waals surface area contributed by atoms with Crippen molar-refractivity contribution in [1.29, 1.82) is 0 Å². The van der Waals surface area contributed by atoms with Gasteiger partial charge in [0.15, 0.2) is 0 Å². The average Bonchev–Trinajstić information content (AvgIpc) is 3.20. The molecule has 1 aliphatic carbocycles. The molecule has 0 atom stereocenters. The molecule has 0 amide bonds. The molecule has 0 saturated heterocycles. The first-order valence-electron chi connectivity index (χ1n) is 9.92. The molecule has 7 nitrogen and oxygen atoms in total. The fraction of sp³-hybridized carbons (Fsp3) is 0.273. The first-order valence-corrected chi connectivity index (χ1v) is 11.8. The van der Waals surface area contributed by atoms with Crippen molar-refractivity contribution in [2.24, 2.45) is 0 Å². The van der Waals surface area contributed by atoms with E-state index < -0.39 is 10.0 Å². The zero-order chi connectivity index (χ0) is 21.8. The number of nitrogens with zero attached hydrogens (tertiary/aromatic N) is 2. The van der Waals surface area contributed by atoms with Gasteiger partial charge in [-0.2, -0.15) is 0 Å². The molecule has 0 radical (unpaired) electrons. The summed E-state index contributed by atoms with van der Waals surface area (Å²) in [4.78, 5) is 9.11. The Kier molecular flexibility index (Phi) is 6.29. The Balaban J connectivity index is 1.54. The van der Waals surface area contributed by atoms with E-state index in [2.05, 4.69) is 14.7 Å². The molecule has 1 heterocycles. The van der Waals surface area contributed by atoms with Gasteiger partial charge in [0.2, 0.25) is 5.82 Å². The standard InChI is InChI=1S/C22H22ClN3O4S/c1-15-17(23)9-5-12-20(15)31(27,28)26-21-22(25-19-11-6-10-18(19)24-21)30-14-13-29-16-7-3-2-4-8-16/h2-5,7-9,12H,6,10-11,13-14H2,1H3,(H,24,26). The molecule has 1 N–H and O–H groups in total. The third-order valence-electron chi connectivity index (χ3n) is 4.92. The minimum atomic E-state index is -3.93. The van der Waals surface area contributed by atoms with Gasteiger partial charge in [-0.15, -0.1) is 0 Å². The highest BCUT2D eigenvalue weighted by atomic mass is 35.5. The topological polar surface area (TPSA) is 90.4 Å². The number of para-hydroxylation sites is 1. The third-order valence-corrected chi connectivity index (χ3v) is 6.81. The van der Waals surface area contributed by atoms with Crippen LogP contribution in [0.4, 0.5) is 5.82 Å². The summed E-state index contributed by atoms with van der Waals surface area (Å²) in [5.74, 6) is 0.934. The molecule has 1 aromatic heterocycles. The highest BCUT2D eigenvalue weighted by Crippen LogP contribution is 2.30. The Labute approximate surface area is 186 Å². The molecule has 3 aromatic rings. The van der Waals surface area contributed by atoms with Crippen LogP contribution in [0.15, 0.2) is 53.4 Å². The maximum absolute atomic E-state index is 13.0. The maximum Gasteiger partial charge on any atom is 0.263 e. The zero-order valence-electron chi connectivity index (χ0n) is 17.0. The van der Waals surface area contributed by atoms with Gasteiger partial charge in [-0.3, -0.25) is 4.72 Å². The predicted octanol–water partition coefficient (Wildman–Crippen LogP) is 4.19. The van der Waals surface area contributed by atoms with E-state index in [0.29, 0.717) is 10.6 Å². The Morgan fingerprint density at radius 3 is 2.45 bits per heavy atom. The van der Waals surface area contributed by atoms with Gasteiger partial charge in [-0.1, -0.05) is 35.9 Å². The van der Waals surface area contributed by atoms with E-state index in [1.807, 2.05) is 30.3 Å². The Morgan fingerprint density at radius 1 is 0.968 bits per heavy atom. The summed E-state index contributed by atoms with van der Waals surface area (Å²) in [6, 6.07) is 14.1. The second-order valence-electron chi connectivity index (χ2n) is 7.10. The van der Waals surface area contributed by atoms with Crippen LogP contribution in [0.2, 0.25) is 5.02 Å². The summed E-state index contributed by atoms with van der Waals surface area (Å²) in [6.07, 6.45) is 2.47. The molecule has 0 aliphatic heterocycles. The first-order chi connectivity index (χ1) is 14.9. The fourth-order valence-electron chi connectivity index (χ4n) is 3.35. The van der Waals surface area contributed by atoms with Gasteiger partial charge >= 0.3 is 0 Å². The van der Waals surface area contributed by atoms with Gasteiger partial charge in [-0.25, -0.2) is 18.4 Å². The molecule has 0 spiro atoms. The number of aryl methyl sites for hydroxylation is 2. The molecule has 0 unspecified atom stereocenters. The van der Waals surface area contributed by atoms with Gasteiger partial charge in [0.05, 0.1) is 16.3 Å². The zero-order valence-corrected chi connectivity index (χ0v) is 18.5. The van der Waals surface area contributed by atoms with Crippen molar-refractivity contribution in [3.05, 3.63) is 70.5 Å². The second-order valence-corrected chi connectivity index (χ2v) is 9.16. The highest BCUT2D eigenvalue weighted by molar-refractivity contribution is 7.92. The molecule has 0 fully saturated rings. The van der Waals surface area contributed by atoms with Crippen molar-refractivity contribution in [1.82, 2.24) is 9.97 Å². The molecule has 9 heteroatoms. The van der Waals surface area contributed by atoms with Crippen molar-refractivity contribution in [3.8, 4) is 11.6 Å². The summed E-state index contributed by atoms with van der Waals surface area (Å²) < 4.78 is 40.0. The minimum Gasteiger partial charge on any atom is -0.490 e. The Bertz CT molecular complexity index is 1190. The second kappa shape index (κ2) is 9.11. The van der Waals surface area contributed by atoms with Crippen molar-refractivity contribution < 1.29 is 17.9 Å². The Hall–Kier alpha value is -2.84. The molecule has 4 rings (SSSR count). The van der Waals surface area contributed by atoms with Gasteiger partial charge in [0.25, 0.3) is 15.9 Å². The lowest BCUT2D eigenvalue weighted by Crippen LogP contribution is -2.18. The molecule has 2 aromatic carbocycles. The normalized spacial score (nSPS) is 13.0. The largest absolute Gasteiger partial charge is 0.490 e. The van der Waals surface area contributed by atoms with Crippen LogP contribution in [0.25, 0.3) is 0 Å². The smallest absolute Gasteiger partial charge is 0.263 e. The van der Waals surface area contributed by atoms with E-state index >= 15 is 0 Å². The van der Waals surface area contributed by atoms with Crippen LogP contribution in [0.3, 0.4) is 0 Å². The number of hydrogen-bond donors (Lipinski definition) is 1. The number of fused-ring (bicyclic) bond motifs is 1. The first kappa shape index (κ1) is 21.4. The van der Waals surface area contributed by atoms with Gasteiger partial charge in [0.1, 0.15) is 19.0 Å². The van der Waals surface area contributed by atoms with E-state index in [4.69, 9.17) is 21.1 Å². The fourth-order valence-corrected chi connectivity index (χ4v) is 4.85. The summed E-state index contributed by atoms with van der Waals surface area (Å²) in [6.45, 7) is 2.12. The van der Waals surface area contributed by atoms with Crippen LogP contribution >= 0.6 is 11.6 Å². The number of benzene rings is 2. The molecule has 162 valence electrons. The average molecular weight is 460 g/mol. The molecular formula is C22H22ClN3O4S. The van der Waals surface area contributed by atoms with Crippen LogP contribution in [-0.4, -0.2) is 31.6 Å². The number of halogens is 1. The molecule has 0 saturated carbocycles. The highest BCUT2D eigenvalue weighted by Gasteiger charge is 2.25. The number of sulfonamides is 1. The van der Waals surface area contributed by atoms with E-state index in [1.54, 1.807) is 19.1 Å². The summed E-state index contributed by atoms with van der Waals surface area (Å²) in [7, 11) is -3.93. The number of rotatable bonds is 8. The van der Waals surface area contributed by atoms with Gasteiger partial charge in [0, 0.05) is 5.02 Å². The lowest BCUT2D eigenvalue weighted by Gasteiger charge is -2.15. The maximum atomic E-state index is 13.0. The molecule has 31 heavy (non-hydrogen) atoms. The number of hydrogen-bond acceptors (Lipinski definition) is 6. The number of ether oxygens (including phenoxy) is 2. The third kappa shape index (κ3) is 4.91. The molecular weight excluding hydrogens is 438 g/mol. The predicted molar refractivity (Wildman–Crippen MR) is 118 cm³/mol. The van der Waals surface area contributed by atoms with Crippen molar-refractivity contribution in [3.63, 3.8) is 0 Å². The van der Waals surface area contributed by atoms with Crippen molar-refractivity contribution in [2.75, 3.05) is 17.9 Å². The van der Waals surface area contributed by atoms with Gasteiger partial charge < -0.3 is 9.47 Å². The SMILES string of the molecule is Cc1c(Cl)cccc1S(=O)(=O)Nc1nc2c(nc1OCCOc1ccccc1)CCC2. The summed E-state index contributed by atoms with van der Waals surface area (Å²) in [5, 5.41) is 0.373. The van der Waals surface area contributed by atoms with Crippen molar-refractivity contribution >= 4 is 27.4 Å². The van der Waals surface area contributed by atoms with Gasteiger partial charge in [-0.05, 0) is 56.0 Å². The van der Waals surface area contributed by atoms with Crippen molar-refractivity contribution in [2.45, 2.75) is 31.1 Å². The number of anilines is 1. The molecule has 0 bridgehead atoms. The van der Waals surface area contributed by atoms with E-state index in [1.165, 1.54) is 6.07 Å².